The minimum Gasteiger partial charge on any atom is -0.497 e. The molecular weight excluding hydrogens is 640 g/mol. The van der Waals surface area contributed by atoms with Crippen LogP contribution in [0.25, 0.3) is 17.3 Å². The normalized spacial score (nSPS) is 11.8. The molecule has 11 heteroatoms. The van der Waals surface area contributed by atoms with E-state index in [9.17, 15) is 14.4 Å². The lowest BCUT2D eigenvalue weighted by Crippen LogP contribution is -2.30. The topological polar surface area (TPSA) is 109 Å². The van der Waals surface area contributed by atoms with E-state index in [0.29, 0.717) is 27.0 Å². The summed E-state index contributed by atoms with van der Waals surface area (Å²) in [6.45, 7) is 1.82. The molecule has 1 atom stereocenters. The number of amides is 3. The van der Waals surface area contributed by atoms with E-state index in [-0.39, 0.29) is 11.6 Å². The highest BCUT2D eigenvalue weighted by molar-refractivity contribution is 8.00. The molecule has 0 aliphatic heterocycles. The van der Waals surface area contributed by atoms with Gasteiger partial charge >= 0.3 is 0 Å². The number of halogens is 1. The first-order valence-electron chi connectivity index (χ1n) is 14.1. The number of rotatable bonds is 11. The molecule has 0 radical (unpaired) electrons. The Morgan fingerprint density at radius 3 is 2.35 bits per heavy atom. The highest BCUT2D eigenvalue weighted by atomic mass is 35.5. The fourth-order valence-electron chi connectivity index (χ4n) is 4.21. The number of thioether (sulfide) groups is 1. The predicted molar refractivity (Wildman–Crippen MR) is 186 cm³/mol. The molecule has 0 saturated carbocycles. The number of nitrogens with one attached hydrogen (secondary N) is 3. The average Bonchev–Trinajstić information content (AvgIpc) is 3.54. The summed E-state index contributed by atoms with van der Waals surface area (Å²) in [6, 6.07) is 30.3. The van der Waals surface area contributed by atoms with Gasteiger partial charge in [-0.25, -0.2) is 4.98 Å². The van der Waals surface area contributed by atoms with Crippen LogP contribution in [-0.4, -0.2) is 35.1 Å². The molecule has 5 rings (SSSR count). The molecule has 0 aliphatic carbocycles. The van der Waals surface area contributed by atoms with Crippen LogP contribution >= 0.6 is 34.7 Å². The Morgan fingerprint density at radius 1 is 0.913 bits per heavy atom. The van der Waals surface area contributed by atoms with E-state index >= 15 is 0 Å². The van der Waals surface area contributed by atoms with E-state index in [2.05, 4.69) is 20.9 Å². The minimum atomic E-state index is -0.505. The number of methoxy groups -OCH3 is 1. The number of nitrogens with zero attached hydrogens (tertiary/aromatic N) is 1. The summed E-state index contributed by atoms with van der Waals surface area (Å²) in [6.07, 6.45) is 1.56. The highest BCUT2D eigenvalue weighted by Gasteiger charge is 2.18. The van der Waals surface area contributed by atoms with Crippen molar-refractivity contribution < 1.29 is 19.1 Å². The third-order valence-electron chi connectivity index (χ3n) is 6.60. The van der Waals surface area contributed by atoms with Crippen LogP contribution < -0.4 is 20.7 Å². The molecule has 4 aromatic carbocycles. The standard InChI is InChI=1S/C35H29ClN4O4S2/c1-22(32(41)40-35-39-31(21-45-35)24-11-15-28(44-2)16-12-24)46-29-17-13-27(14-18-29)37-34(43)30(20-23-7-6-10-26(36)19-23)38-33(42)25-8-4-3-5-9-25/h3-22H,1-2H3,(H,37,43)(H,38,42)(H,39,40,41)/b30-20-. The number of hydrogen-bond acceptors (Lipinski definition) is 7. The Balaban J connectivity index is 1.20. The molecule has 46 heavy (non-hydrogen) atoms. The predicted octanol–water partition coefficient (Wildman–Crippen LogP) is 8.00. The molecule has 3 amide bonds. The lowest BCUT2D eigenvalue weighted by molar-refractivity contribution is -0.115. The van der Waals surface area contributed by atoms with Crippen molar-refractivity contribution in [2.24, 2.45) is 0 Å². The van der Waals surface area contributed by atoms with Crippen LogP contribution in [0.4, 0.5) is 10.8 Å². The van der Waals surface area contributed by atoms with Gasteiger partial charge in [-0.3, -0.25) is 14.4 Å². The molecule has 0 aliphatic rings. The first-order valence-corrected chi connectivity index (χ1v) is 16.2. The van der Waals surface area contributed by atoms with Crippen LogP contribution in [0.15, 0.2) is 119 Å². The number of hydrogen-bond donors (Lipinski definition) is 3. The maximum absolute atomic E-state index is 13.3. The van der Waals surface area contributed by atoms with Crippen molar-refractivity contribution in [3.8, 4) is 17.0 Å². The fraction of sp³-hybridized carbons (Fsp3) is 0.0857. The van der Waals surface area contributed by atoms with Gasteiger partial charge in [-0.15, -0.1) is 23.1 Å². The van der Waals surface area contributed by atoms with Crippen molar-refractivity contribution in [2.75, 3.05) is 17.7 Å². The summed E-state index contributed by atoms with van der Waals surface area (Å²) in [4.78, 5) is 44.5. The summed E-state index contributed by atoms with van der Waals surface area (Å²) >= 11 is 8.87. The van der Waals surface area contributed by atoms with Crippen molar-refractivity contribution in [3.63, 3.8) is 0 Å². The van der Waals surface area contributed by atoms with Crippen LogP contribution in [0.5, 0.6) is 5.75 Å². The third kappa shape index (κ3) is 8.85. The molecule has 3 N–H and O–H groups in total. The Bertz CT molecular complexity index is 1860. The Morgan fingerprint density at radius 2 is 1.65 bits per heavy atom. The van der Waals surface area contributed by atoms with Gasteiger partial charge in [0, 0.05) is 32.1 Å². The molecule has 1 unspecified atom stereocenters. The van der Waals surface area contributed by atoms with E-state index in [0.717, 1.165) is 21.9 Å². The first-order chi connectivity index (χ1) is 22.3. The van der Waals surface area contributed by atoms with Gasteiger partial charge in [0.2, 0.25) is 5.91 Å². The summed E-state index contributed by atoms with van der Waals surface area (Å²) in [5.74, 6) is -0.341. The summed E-state index contributed by atoms with van der Waals surface area (Å²) < 4.78 is 5.21. The monoisotopic (exact) mass is 668 g/mol. The largest absolute Gasteiger partial charge is 0.497 e. The number of aromatic nitrogens is 1. The molecule has 0 spiro atoms. The van der Waals surface area contributed by atoms with Gasteiger partial charge in [0.05, 0.1) is 18.1 Å². The van der Waals surface area contributed by atoms with Crippen LogP contribution in [-0.2, 0) is 9.59 Å². The second-order valence-corrected chi connectivity index (χ2v) is 12.6. The zero-order chi connectivity index (χ0) is 32.5. The lowest BCUT2D eigenvalue weighted by atomic mass is 10.1. The van der Waals surface area contributed by atoms with E-state index in [1.54, 1.807) is 73.8 Å². The zero-order valence-corrected chi connectivity index (χ0v) is 27.2. The Labute approximate surface area is 279 Å². The minimum absolute atomic E-state index is 0.0530. The van der Waals surface area contributed by atoms with Gasteiger partial charge in [-0.2, -0.15) is 0 Å². The summed E-state index contributed by atoms with van der Waals surface area (Å²) in [5.41, 5.74) is 3.34. The molecule has 1 heterocycles. The van der Waals surface area contributed by atoms with Crippen LogP contribution in [0.1, 0.15) is 22.8 Å². The highest BCUT2D eigenvalue weighted by Crippen LogP contribution is 2.29. The lowest BCUT2D eigenvalue weighted by Gasteiger charge is -2.13. The van der Waals surface area contributed by atoms with Crippen molar-refractivity contribution in [1.29, 1.82) is 0 Å². The van der Waals surface area contributed by atoms with E-state index < -0.39 is 17.1 Å². The van der Waals surface area contributed by atoms with Gasteiger partial charge in [0.25, 0.3) is 11.8 Å². The van der Waals surface area contributed by atoms with E-state index in [1.807, 2.05) is 54.8 Å². The molecular formula is C35H29ClN4O4S2. The van der Waals surface area contributed by atoms with Gasteiger partial charge < -0.3 is 20.7 Å². The van der Waals surface area contributed by atoms with Crippen LogP contribution in [0.2, 0.25) is 5.02 Å². The van der Waals surface area contributed by atoms with Crippen LogP contribution in [0.3, 0.4) is 0 Å². The number of carbonyl (C=O) groups is 3. The smallest absolute Gasteiger partial charge is 0.272 e. The van der Waals surface area contributed by atoms with Gasteiger partial charge in [-0.05, 0) is 91.4 Å². The fourth-order valence-corrected chi connectivity index (χ4v) is 6.00. The zero-order valence-electron chi connectivity index (χ0n) is 24.8. The second-order valence-electron chi connectivity index (χ2n) is 9.93. The molecule has 1 aromatic heterocycles. The number of carbonyl (C=O) groups excluding carboxylic acids is 3. The Kier molecular flexibility index (Phi) is 10.9. The summed E-state index contributed by atoms with van der Waals surface area (Å²) in [5, 5.41) is 10.9. The molecule has 0 saturated heterocycles. The SMILES string of the molecule is COc1ccc(-c2csc(NC(=O)C(C)Sc3ccc(NC(=O)/C(=C/c4cccc(Cl)c4)NC(=O)c4ccccc4)cc3)n2)cc1. The molecule has 0 bridgehead atoms. The van der Waals surface area contributed by atoms with Crippen molar-refractivity contribution in [2.45, 2.75) is 17.1 Å². The molecule has 5 aromatic rings. The second kappa shape index (κ2) is 15.4. The maximum Gasteiger partial charge on any atom is 0.272 e. The summed E-state index contributed by atoms with van der Waals surface area (Å²) in [7, 11) is 1.62. The van der Waals surface area contributed by atoms with Gasteiger partial charge in [0.15, 0.2) is 5.13 Å². The van der Waals surface area contributed by atoms with Crippen molar-refractivity contribution in [3.05, 3.63) is 130 Å². The van der Waals surface area contributed by atoms with E-state index in [1.165, 1.54) is 23.1 Å². The number of benzene rings is 4. The third-order valence-corrected chi connectivity index (χ3v) is 8.71. The maximum atomic E-state index is 13.3. The number of anilines is 2. The quantitative estimate of drug-likeness (QED) is 0.0972. The Hall–Kier alpha value is -4.90. The van der Waals surface area contributed by atoms with Crippen molar-refractivity contribution in [1.82, 2.24) is 10.3 Å². The first kappa shape index (κ1) is 32.5. The number of thiazole rings is 1. The van der Waals surface area contributed by atoms with Gasteiger partial charge in [0.1, 0.15) is 11.4 Å². The van der Waals surface area contributed by atoms with Crippen molar-refractivity contribution >= 4 is 69.3 Å². The van der Waals surface area contributed by atoms with E-state index in [4.69, 9.17) is 16.3 Å². The van der Waals surface area contributed by atoms with Crippen LogP contribution in [0, 0.1) is 0 Å². The van der Waals surface area contributed by atoms with Gasteiger partial charge in [-0.1, -0.05) is 41.9 Å². The molecule has 0 fully saturated rings. The molecule has 232 valence electrons. The molecule has 8 nitrogen and oxygen atoms in total. The average molecular weight is 669 g/mol. The number of ether oxygens (including phenoxy) is 1.